The third kappa shape index (κ3) is 2.42. The number of aromatic nitrogens is 2. The lowest BCUT2D eigenvalue weighted by Gasteiger charge is -2.12. The Hall–Kier alpha value is -1.77. The van der Waals surface area contributed by atoms with E-state index in [1.165, 1.54) is 5.56 Å². The summed E-state index contributed by atoms with van der Waals surface area (Å²) in [4.78, 5) is 4.30. The molecule has 3 heteroatoms. The van der Waals surface area contributed by atoms with Crippen LogP contribution >= 0.6 is 0 Å². The molecule has 0 saturated heterocycles. The van der Waals surface area contributed by atoms with Gasteiger partial charge in [-0.25, -0.2) is 4.98 Å². The number of anilines is 1. The highest BCUT2D eigenvalue weighted by molar-refractivity contribution is 5.29. The monoisotopic (exact) mass is 215 g/mol. The first-order valence-electron chi connectivity index (χ1n) is 5.58. The molecule has 0 amide bonds. The Kier molecular flexibility index (Phi) is 3.25. The van der Waals surface area contributed by atoms with Crippen LogP contribution in [0.2, 0.25) is 0 Å². The minimum absolute atomic E-state index is 0.431. The molecule has 0 aliphatic heterocycles. The lowest BCUT2D eigenvalue weighted by Crippen LogP contribution is -2.08. The fraction of sp³-hybridized carbons (Fsp3) is 0.308. The van der Waals surface area contributed by atoms with Crippen molar-refractivity contribution in [3.05, 3.63) is 48.3 Å². The van der Waals surface area contributed by atoms with E-state index in [1.54, 1.807) is 0 Å². The van der Waals surface area contributed by atoms with Crippen LogP contribution in [0.1, 0.15) is 25.5 Å². The third-order valence-electron chi connectivity index (χ3n) is 2.52. The Morgan fingerprint density at radius 3 is 2.69 bits per heavy atom. The lowest BCUT2D eigenvalue weighted by molar-refractivity contribution is 0.604. The molecule has 0 unspecified atom stereocenters. The Bertz CT molecular complexity index is 431. The molecule has 0 atom stereocenters. The normalized spacial score (nSPS) is 10.7. The van der Waals surface area contributed by atoms with E-state index in [0.29, 0.717) is 6.04 Å². The fourth-order valence-corrected chi connectivity index (χ4v) is 1.64. The molecule has 2 rings (SSSR count). The Morgan fingerprint density at radius 2 is 2.00 bits per heavy atom. The van der Waals surface area contributed by atoms with Gasteiger partial charge in [0.1, 0.15) is 0 Å². The van der Waals surface area contributed by atoms with Crippen molar-refractivity contribution in [1.29, 1.82) is 0 Å². The number of imidazole rings is 1. The van der Waals surface area contributed by atoms with E-state index in [2.05, 4.69) is 40.8 Å². The molecule has 16 heavy (non-hydrogen) atoms. The molecule has 0 saturated carbocycles. The summed E-state index contributed by atoms with van der Waals surface area (Å²) in [5.41, 5.74) is 1.26. The minimum Gasteiger partial charge on any atom is -0.352 e. The molecule has 0 bridgehead atoms. The maximum atomic E-state index is 4.30. The van der Waals surface area contributed by atoms with Crippen molar-refractivity contribution >= 4 is 5.95 Å². The second kappa shape index (κ2) is 4.84. The summed E-state index contributed by atoms with van der Waals surface area (Å²) in [5, 5.41) is 3.34. The molecule has 1 heterocycles. The molecule has 0 aliphatic carbocycles. The van der Waals surface area contributed by atoms with Crippen molar-refractivity contribution in [2.75, 3.05) is 5.32 Å². The number of nitrogens with zero attached hydrogens (tertiary/aromatic N) is 2. The molecule has 0 radical (unpaired) electrons. The van der Waals surface area contributed by atoms with Gasteiger partial charge in [0.2, 0.25) is 5.95 Å². The number of rotatable bonds is 4. The van der Waals surface area contributed by atoms with E-state index in [4.69, 9.17) is 0 Å². The molecule has 84 valence electrons. The highest BCUT2D eigenvalue weighted by atomic mass is 15.2. The number of hydrogen-bond donors (Lipinski definition) is 1. The van der Waals surface area contributed by atoms with E-state index in [0.717, 1.165) is 12.5 Å². The molecular weight excluding hydrogens is 198 g/mol. The third-order valence-corrected chi connectivity index (χ3v) is 2.52. The first kappa shape index (κ1) is 10.7. The van der Waals surface area contributed by atoms with E-state index in [-0.39, 0.29) is 0 Å². The van der Waals surface area contributed by atoms with Crippen molar-refractivity contribution in [1.82, 2.24) is 9.55 Å². The molecule has 0 spiro atoms. The Morgan fingerprint density at radius 1 is 1.25 bits per heavy atom. The number of hydrogen-bond acceptors (Lipinski definition) is 2. The van der Waals surface area contributed by atoms with Gasteiger partial charge in [-0.05, 0) is 19.4 Å². The van der Waals surface area contributed by atoms with Crippen LogP contribution in [0.15, 0.2) is 42.7 Å². The highest BCUT2D eigenvalue weighted by Gasteiger charge is 2.04. The van der Waals surface area contributed by atoms with Gasteiger partial charge in [-0.3, -0.25) is 0 Å². The average molecular weight is 215 g/mol. The summed E-state index contributed by atoms with van der Waals surface area (Å²) < 4.78 is 2.13. The molecule has 0 aliphatic rings. The van der Waals surface area contributed by atoms with Gasteiger partial charge < -0.3 is 9.88 Å². The van der Waals surface area contributed by atoms with Gasteiger partial charge in [0.15, 0.2) is 0 Å². The van der Waals surface area contributed by atoms with Crippen molar-refractivity contribution < 1.29 is 0 Å². The number of benzene rings is 1. The standard InChI is InChI=1S/C13H17N3/c1-11(2)16-9-8-14-13(16)15-10-12-6-4-3-5-7-12/h3-9,11H,10H2,1-2H3,(H,14,15). The van der Waals surface area contributed by atoms with Crippen molar-refractivity contribution in [2.24, 2.45) is 0 Å². The van der Waals surface area contributed by atoms with Crippen LogP contribution in [0.25, 0.3) is 0 Å². The zero-order valence-corrected chi connectivity index (χ0v) is 9.72. The van der Waals surface area contributed by atoms with Crippen LogP contribution < -0.4 is 5.32 Å². The zero-order valence-electron chi connectivity index (χ0n) is 9.72. The van der Waals surface area contributed by atoms with Crippen molar-refractivity contribution in [2.45, 2.75) is 26.4 Å². The van der Waals surface area contributed by atoms with Crippen LogP contribution in [-0.2, 0) is 6.54 Å². The SMILES string of the molecule is CC(C)n1ccnc1NCc1ccccc1. The summed E-state index contributed by atoms with van der Waals surface area (Å²) in [6.45, 7) is 5.11. The van der Waals surface area contributed by atoms with Gasteiger partial charge in [-0.15, -0.1) is 0 Å². The molecule has 1 aromatic carbocycles. The van der Waals surface area contributed by atoms with Crippen LogP contribution in [0, 0.1) is 0 Å². The predicted octanol–water partition coefficient (Wildman–Crippen LogP) is 3.08. The quantitative estimate of drug-likeness (QED) is 0.849. The second-order valence-corrected chi connectivity index (χ2v) is 4.09. The van der Waals surface area contributed by atoms with Crippen LogP contribution in [0.5, 0.6) is 0 Å². The van der Waals surface area contributed by atoms with E-state index in [9.17, 15) is 0 Å². The van der Waals surface area contributed by atoms with E-state index < -0.39 is 0 Å². The minimum atomic E-state index is 0.431. The van der Waals surface area contributed by atoms with Crippen LogP contribution in [-0.4, -0.2) is 9.55 Å². The summed E-state index contributed by atoms with van der Waals surface area (Å²) in [6.07, 6.45) is 3.82. The molecule has 3 nitrogen and oxygen atoms in total. The van der Waals surface area contributed by atoms with E-state index >= 15 is 0 Å². The number of nitrogens with one attached hydrogen (secondary N) is 1. The Balaban J connectivity index is 2.02. The lowest BCUT2D eigenvalue weighted by atomic mass is 10.2. The van der Waals surface area contributed by atoms with Gasteiger partial charge in [0.25, 0.3) is 0 Å². The zero-order chi connectivity index (χ0) is 11.4. The summed E-state index contributed by atoms with van der Waals surface area (Å²) in [6, 6.07) is 10.8. The van der Waals surface area contributed by atoms with Crippen molar-refractivity contribution in [3.8, 4) is 0 Å². The van der Waals surface area contributed by atoms with E-state index in [1.807, 2.05) is 30.6 Å². The average Bonchev–Trinajstić information content (AvgIpc) is 2.76. The van der Waals surface area contributed by atoms with Crippen LogP contribution in [0.3, 0.4) is 0 Å². The van der Waals surface area contributed by atoms with Gasteiger partial charge >= 0.3 is 0 Å². The first-order chi connectivity index (χ1) is 7.77. The molecule has 0 fully saturated rings. The summed E-state index contributed by atoms with van der Waals surface area (Å²) in [5.74, 6) is 0.929. The molecule has 1 N–H and O–H groups in total. The second-order valence-electron chi connectivity index (χ2n) is 4.09. The Labute approximate surface area is 96.1 Å². The van der Waals surface area contributed by atoms with Gasteiger partial charge in [-0.1, -0.05) is 30.3 Å². The first-order valence-corrected chi connectivity index (χ1v) is 5.58. The predicted molar refractivity (Wildman–Crippen MR) is 66.4 cm³/mol. The van der Waals surface area contributed by atoms with Crippen molar-refractivity contribution in [3.63, 3.8) is 0 Å². The van der Waals surface area contributed by atoms with Gasteiger partial charge in [-0.2, -0.15) is 0 Å². The maximum Gasteiger partial charge on any atom is 0.203 e. The van der Waals surface area contributed by atoms with Gasteiger partial charge in [0, 0.05) is 25.0 Å². The summed E-state index contributed by atoms with van der Waals surface area (Å²) in [7, 11) is 0. The highest BCUT2D eigenvalue weighted by Crippen LogP contribution is 2.13. The van der Waals surface area contributed by atoms with Crippen LogP contribution in [0.4, 0.5) is 5.95 Å². The summed E-state index contributed by atoms with van der Waals surface area (Å²) >= 11 is 0. The molecule has 2 aromatic rings. The maximum absolute atomic E-state index is 4.30. The topological polar surface area (TPSA) is 29.9 Å². The fourth-order valence-electron chi connectivity index (χ4n) is 1.64. The molecule has 1 aromatic heterocycles. The van der Waals surface area contributed by atoms with Gasteiger partial charge in [0.05, 0.1) is 0 Å². The smallest absolute Gasteiger partial charge is 0.203 e. The largest absolute Gasteiger partial charge is 0.352 e. The molecular formula is C13H17N3.